The van der Waals surface area contributed by atoms with Gasteiger partial charge in [-0.2, -0.15) is 0 Å². The number of aryl methyl sites for hydroxylation is 2. The van der Waals surface area contributed by atoms with Crippen LogP contribution >= 0.6 is 11.3 Å². The lowest BCUT2D eigenvalue weighted by Crippen LogP contribution is -2.11. The fourth-order valence-corrected chi connectivity index (χ4v) is 3.13. The molecular formula is C14H17F2N3S. The Morgan fingerprint density at radius 2 is 1.80 bits per heavy atom. The zero-order chi connectivity index (χ0) is 14.9. The molecule has 0 bridgehead atoms. The number of anilines is 2. The summed E-state index contributed by atoms with van der Waals surface area (Å²) >= 11 is 1.70. The molecule has 0 fully saturated rings. The van der Waals surface area contributed by atoms with Crippen molar-refractivity contribution in [2.24, 2.45) is 0 Å². The van der Waals surface area contributed by atoms with Crippen molar-refractivity contribution in [3.05, 3.63) is 39.1 Å². The molecule has 1 atom stereocenters. The van der Waals surface area contributed by atoms with Crippen LogP contribution in [-0.2, 0) is 0 Å². The first-order valence-corrected chi connectivity index (χ1v) is 7.11. The second-order valence-corrected chi connectivity index (χ2v) is 6.09. The average molecular weight is 297 g/mol. The van der Waals surface area contributed by atoms with Crippen molar-refractivity contribution in [3.8, 4) is 0 Å². The lowest BCUT2D eigenvalue weighted by molar-refractivity contribution is 0.577. The maximum absolute atomic E-state index is 13.8. The Balaban J connectivity index is 2.27. The van der Waals surface area contributed by atoms with Gasteiger partial charge in [0.2, 0.25) is 0 Å². The van der Waals surface area contributed by atoms with E-state index in [1.54, 1.807) is 18.4 Å². The van der Waals surface area contributed by atoms with Gasteiger partial charge in [-0.1, -0.05) is 0 Å². The Labute approximate surface area is 121 Å². The van der Waals surface area contributed by atoms with Gasteiger partial charge < -0.3 is 10.6 Å². The summed E-state index contributed by atoms with van der Waals surface area (Å²) in [5.41, 5.74) is 1.10. The van der Waals surface area contributed by atoms with Gasteiger partial charge in [0.05, 0.1) is 6.04 Å². The van der Waals surface area contributed by atoms with E-state index in [9.17, 15) is 8.78 Å². The molecule has 2 heterocycles. The molecule has 1 unspecified atom stereocenters. The number of pyridine rings is 1. The van der Waals surface area contributed by atoms with Crippen molar-refractivity contribution in [2.75, 3.05) is 17.7 Å². The van der Waals surface area contributed by atoms with Gasteiger partial charge in [-0.3, -0.25) is 0 Å². The normalized spacial score (nSPS) is 12.3. The molecule has 2 aromatic rings. The zero-order valence-electron chi connectivity index (χ0n) is 11.8. The molecule has 6 heteroatoms. The Bertz CT molecular complexity index is 625. The fourth-order valence-electron chi connectivity index (χ4n) is 2.11. The van der Waals surface area contributed by atoms with Crippen molar-refractivity contribution in [3.63, 3.8) is 0 Å². The highest BCUT2D eigenvalue weighted by Crippen LogP contribution is 2.29. The minimum atomic E-state index is -0.703. The monoisotopic (exact) mass is 297 g/mol. The summed E-state index contributed by atoms with van der Waals surface area (Å²) in [5, 5.41) is 5.60. The predicted molar refractivity (Wildman–Crippen MR) is 79.5 cm³/mol. The van der Waals surface area contributed by atoms with Gasteiger partial charge in [-0.25, -0.2) is 13.8 Å². The number of rotatable bonds is 4. The average Bonchev–Trinajstić information content (AvgIpc) is 2.71. The SMILES string of the molecule is CNc1nc(NC(C)c2cc(C)sc2C)c(F)cc1F. The first-order valence-electron chi connectivity index (χ1n) is 6.29. The first-order chi connectivity index (χ1) is 9.42. The molecule has 20 heavy (non-hydrogen) atoms. The number of aromatic nitrogens is 1. The van der Waals surface area contributed by atoms with Crippen LogP contribution in [0.15, 0.2) is 12.1 Å². The minimum Gasteiger partial charge on any atom is -0.371 e. The van der Waals surface area contributed by atoms with Gasteiger partial charge in [0.1, 0.15) is 0 Å². The van der Waals surface area contributed by atoms with Crippen LogP contribution in [0.25, 0.3) is 0 Å². The third-order valence-corrected chi connectivity index (χ3v) is 4.05. The standard InChI is InChI=1S/C14H17F2N3S/c1-7-5-10(9(3)20-7)8(2)18-14-12(16)6-11(15)13(17-4)19-14/h5-6,8H,1-4H3,(H2,17,18,19). The van der Waals surface area contributed by atoms with E-state index in [1.165, 1.54) is 9.75 Å². The number of nitrogens with one attached hydrogen (secondary N) is 2. The maximum Gasteiger partial charge on any atom is 0.168 e. The van der Waals surface area contributed by atoms with E-state index in [0.717, 1.165) is 11.6 Å². The van der Waals surface area contributed by atoms with Crippen molar-refractivity contribution in [1.82, 2.24) is 4.98 Å². The van der Waals surface area contributed by atoms with Crippen molar-refractivity contribution >= 4 is 23.0 Å². The van der Waals surface area contributed by atoms with Gasteiger partial charge in [0.15, 0.2) is 23.3 Å². The van der Waals surface area contributed by atoms with E-state index < -0.39 is 11.6 Å². The molecule has 0 radical (unpaired) electrons. The Hall–Kier alpha value is -1.69. The van der Waals surface area contributed by atoms with Crippen LogP contribution in [0.1, 0.15) is 28.3 Å². The largest absolute Gasteiger partial charge is 0.371 e. The second-order valence-electron chi connectivity index (χ2n) is 4.63. The highest BCUT2D eigenvalue weighted by atomic mass is 32.1. The van der Waals surface area contributed by atoms with E-state index in [-0.39, 0.29) is 17.7 Å². The number of hydrogen-bond donors (Lipinski definition) is 2. The molecular weight excluding hydrogens is 280 g/mol. The molecule has 108 valence electrons. The van der Waals surface area contributed by atoms with E-state index in [2.05, 4.69) is 21.7 Å². The summed E-state index contributed by atoms with van der Waals surface area (Å²) in [6, 6.07) is 2.80. The van der Waals surface area contributed by atoms with E-state index in [4.69, 9.17) is 0 Å². The molecule has 0 aliphatic heterocycles. The summed E-state index contributed by atoms with van der Waals surface area (Å²) in [6.45, 7) is 5.99. The smallest absolute Gasteiger partial charge is 0.168 e. The molecule has 0 saturated heterocycles. The lowest BCUT2D eigenvalue weighted by atomic mass is 10.1. The van der Waals surface area contributed by atoms with Crippen LogP contribution in [0, 0.1) is 25.5 Å². The summed E-state index contributed by atoms with van der Waals surface area (Å²) < 4.78 is 27.1. The molecule has 3 nitrogen and oxygen atoms in total. The zero-order valence-corrected chi connectivity index (χ0v) is 12.7. The van der Waals surface area contributed by atoms with Crippen LogP contribution in [0.3, 0.4) is 0 Å². The molecule has 0 aromatic carbocycles. The molecule has 0 spiro atoms. The van der Waals surface area contributed by atoms with Gasteiger partial charge >= 0.3 is 0 Å². The molecule has 0 saturated carbocycles. The maximum atomic E-state index is 13.8. The number of hydrogen-bond acceptors (Lipinski definition) is 4. The van der Waals surface area contributed by atoms with Gasteiger partial charge in [-0.05, 0) is 32.4 Å². The number of nitrogens with zero attached hydrogens (tertiary/aromatic N) is 1. The summed E-state index contributed by atoms with van der Waals surface area (Å²) in [5.74, 6) is -1.32. The quantitative estimate of drug-likeness (QED) is 0.885. The summed E-state index contributed by atoms with van der Waals surface area (Å²) in [7, 11) is 1.54. The van der Waals surface area contributed by atoms with Crippen LogP contribution in [-0.4, -0.2) is 12.0 Å². The second kappa shape index (κ2) is 5.75. The van der Waals surface area contributed by atoms with Gasteiger partial charge in [-0.15, -0.1) is 11.3 Å². The fraction of sp³-hybridized carbons (Fsp3) is 0.357. The molecule has 2 rings (SSSR count). The highest BCUT2D eigenvalue weighted by Gasteiger charge is 2.16. The van der Waals surface area contributed by atoms with Crippen LogP contribution < -0.4 is 10.6 Å². The Morgan fingerprint density at radius 3 is 2.35 bits per heavy atom. The topological polar surface area (TPSA) is 37.0 Å². The third-order valence-electron chi connectivity index (χ3n) is 3.07. The molecule has 2 N–H and O–H groups in total. The number of thiophene rings is 1. The van der Waals surface area contributed by atoms with Crippen molar-refractivity contribution in [2.45, 2.75) is 26.8 Å². The Kier molecular flexibility index (Phi) is 4.23. The summed E-state index contributed by atoms with van der Waals surface area (Å²) in [4.78, 5) is 6.31. The van der Waals surface area contributed by atoms with Crippen LogP contribution in [0.4, 0.5) is 20.4 Å². The van der Waals surface area contributed by atoms with E-state index in [1.807, 2.05) is 20.8 Å². The molecule has 0 aliphatic rings. The Morgan fingerprint density at radius 1 is 1.15 bits per heavy atom. The predicted octanol–water partition coefficient (Wildman–Crippen LogP) is 4.25. The van der Waals surface area contributed by atoms with Crippen LogP contribution in [0.5, 0.6) is 0 Å². The lowest BCUT2D eigenvalue weighted by Gasteiger charge is -2.16. The molecule has 2 aromatic heterocycles. The third kappa shape index (κ3) is 2.90. The van der Waals surface area contributed by atoms with E-state index >= 15 is 0 Å². The minimum absolute atomic E-state index is 0.0271. The van der Waals surface area contributed by atoms with Gasteiger partial charge in [0, 0.05) is 22.9 Å². The highest BCUT2D eigenvalue weighted by molar-refractivity contribution is 7.12. The number of halogens is 2. The van der Waals surface area contributed by atoms with Crippen LogP contribution in [0.2, 0.25) is 0 Å². The van der Waals surface area contributed by atoms with E-state index in [0.29, 0.717) is 0 Å². The van der Waals surface area contributed by atoms with Crippen molar-refractivity contribution < 1.29 is 8.78 Å². The summed E-state index contributed by atoms with van der Waals surface area (Å²) in [6.07, 6.45) is 0. The first kappa shape index (κ1) is 14.7. The van der Waals surface area contributed by atoms with Crippen molar-refractivity contribution in [1.29, 1.82) is 0 Å². The molecule has 0 aliphatic carbocycles. The molecule has 0 amide bonds. The van der Waals surface area contributed by atoms with Gasteiger partial charge in [0.25, 0.3) is 0 Å².